The maximum Gasteiger partial charge on any atom is 0.244 e. The average Bonchev–Trinajstić information content (AvgIpc) is 3.00. The van der Waals surface area contributed by atoms with Crippen molar-refractivity contribution < 1.29 is 16.8 Å². The second-order valence-corrected chi connectivity index (χ2v) is 8.39. The molecule has 7 nitrogen and oxygen atoms in total. The zero-order valence-corrected chi connectivity index (χ0v) is 14.4. The van der Waals surface area contributed by atoms with Gasteiger partial charge in [-0.3, -0.25) is 0 Å². The lowest BCUT2D eigenvalue weighted by Gasteiger charge is -2.18. The van der Waals surface area contributed by atoms with E-state index in [-0.39, 0.29) is 35.3 Å². The number of nitrogens with two attached hydrogens (primary N) is 1. The Kier molecular flexibility index (Phi) is 6.78. The van der Waals surface area contributed by atoms with Crippen molar-refractivity contribution in [3.8, 4) is 0 Å². The van der Waals surface area contributed by atoms with Crippen LogP contribution in [0.15, 0.2) is 34.1 Å². The van der Waals surface area contributed by atoms with E-state index in [0.29, 0.717) is 13.1 Å². The molecule has 1 heterocycles. The average molecular weight is 370 g/mol. The molecule has 1 aliphatic rings. The first kappa shape index (κ1) is 19.3. The number of nitrogens with one attached hydrogen (secondary N) is 1. The van der Waals surface area contributed by atoms with E-state index < -0.39 is 20.0 Å². The molecule has 0 aromatic heterocycles. The molecule has 1 fully saturated rings. The second kappa shape index (κ2) is 7.71. The van der Waals surface area contributed by atoms with Gasteiger partial charge in [0.25, 0.3) is 0 Å². The van der Waals surface area contributed by atoms with E-state index in [9.17, 15) is 16.8 Å². The first-order valence-corrected chi connectivity index (χ1v) is 9.61. The molecule has 0 bridgehead atoms. The number of rotatable bonds is 6. The smallest absolute Gasteiger partial charge is 0.244 e. The Hall–Kier alpha value is -0.710. The van der Waals surface area contributed by atoms with E-state index in [1.165, 1.54) is 28.6 Å². The Labute approximate surface area is 137 Å². The Morgan fingerprint density at radius 2 is 1.59 bits per heavy atom. The quantitative estimate of drug-likeness (QED) is 0.740. The van der Waals surface area contributed by atoms with E-state index in [1.54, 1.807) is 0 Å². The van der Waals surface area contributed by atoms with Crippen LogP contribution in [0.5, 0.6) is 0 Å². The van der Waals surface area contributed by atoms with Gasteiger partial charge in [0.05, 0.1) is 0 Å². The van der Waals surface area contributed by atoms with Crippen LogP contribution in [0.25, 0.3) is 0 Å². The summed E-state index contributed by atoms with van der Waals surface area (Å²) >= 11 is 0. The van der Waals surface area contributed by atoms with Crippen molar-refractivity contribution in [2.24, 2.45) is 5.73 Å². The summed E-state index contributed by atoms with van der Waals surface area (Å²) in [6, 6.07) is 5.64. The molecule has 0 amide bonds. The molecule has 10 heteroatoms. The summed E-state index contributed by atoms with van der Waals surface area (Å²) < 4.78 is 53.2. The Bertz CT molecular complexity index is 701. The van der Waals surface area contributed by atoms with E-state index in [2.05, 4.69) is 4.72 Å². The summed E-state index contributed by atoms with van der Waals surface area (Å²) in [6.45, 7) is 1.04. The highest BCUT2D eigenvalue weighted by Crippen LogP contribution is 2.26. The van der Waals surface area contributed by atoms with Crippen molar-refractivity contribution in [2.75, 3.05) is 26.2 Å². The lowest BCUT2D eigenvalue weighted by atomic mass is 10.4. The molecule has 2 rings (SSSR count). The molecular formula is C12H20ClN3O4S2. The fourth-order valence-corrected chi connectivity index (χ4v) is 5.59. The van der Waals surface area contributed by atoms with Crippen molar-refractivity contribution in [2.45, 2.75) is 22.6 Å². The first-order chi connectivity index (χ1) is 9.89. The predicted molar refractivity (Wildman–Crippen MR) is 85.9 cm³/mol. The third-order valence-corrected chi connectivity index (χ3v) is 6.86. The monoisotopic (exact) mass is 369 g/mol. The topological polar surface area (TPSA) is 110 Å². The molecule has 22 heavy (non-hydrogen) atoms. The molecule has 0 aliphatic carbocycles. The van der Waals surface area contributed by atoms with Crippen LogP contribution in [-0.4, -0.2) is 47.3 Å². The maximum absolute atomic E-state index is 12.6. The van der Waals surface area contributed by atoms with Gasteiger partial charge in [-0.25, -0.2) is 21.6 Å². The highest BCUT2D eigenvalue weighted by atomic mass is 35.5. The van der Waals surface area contributed by atoms with Gasteiger partial charge in [0.2, 0.25) is 20.0 Å². The van der Waals surface area contributed by atoms with Crippen molar-refractivity contribution in [1.29, 1.82) is 0 Å². The van der Waals surface area contributed by atoms with Crippen molar-refractivity contribution >= 4 is 32.5 Å². The van der Waals surface area contributed by atoms with Gasteiger partial charge >= 0.3 is 0 Å². The molecular weight excluding hydrogens is 350 g/mol. The van der Waals surface area contributed by atoms with Crippen LogP contribution < -0.4 is 10.5 Å². The first-order valence-electron chi connectivity index (χ1n) is 6.68. The zero-order chi connectivity index (χ0) is 15.5. The molecule has 0 saturated carbocycles. The van der Waals surface area contributed by atoms with Crippen LogP contribution in [0.2, 0.25) is 0 Å². The van der Waals surface area contributed by atoms with Gasteiger partial charge in [0.15, 0.2) is 0 Å². The summed E-state index contributed by atoms with van der Waals surface area (Å²) in [6.07, 6.45) is 1.58. The Morgan fingerprint density at radius 1 is 1.05 bits per heavy atom. The minimum absolute atomic E-state index is 0. The molecule has 0 spiro atoms. The summed E-state index contributed by atoms with van der Waals surface area (Å²) in [5, 5.41) is 0. The van der Waals surface area contributed by atoms with Crippen LogP contribution in [0, 0.1) is 0 Å². The van der Waals surface area contributed by atoms with Crippen LogP contribution >= 0.6 is 12.4 Å². The standard InChI is InChI=1S/C12H19N3O4S2.ClH/c13-7-8-14-20(16,17)11-5-1-2-6-12(11)21(18,19)15-9-3-4-10-15;/h1-2,5-6,14H,3-4,7-10,13H2;1H. The summed E-state index contributed by atoms with van der Waals surface area (Å²) in [5.74, 6) is 0. The van der Waals surface area contributed by atoms with E-state index >= 15 is 0 Å². The number of hydrogen-bond donors (Lipinski definition) is 2. The Balaban J connectivity index is 0.00000242. The largest absolute Gasteiger partial charge is 0.329 e. The van der Waals surface area contributed by atoms with Crippen molar-refractivity contribution in [1.82, 2.24) is 9.03 Å². The molecule has 1 aliphatic heterocycles. The minimum atomic E-state index is -3.90. The highest BCUT2D eigenvalue weighted by Gasteiger charge is 2.32. The van der Waals surface area contributed by atoms with Crippen LogP contribution in [0.3, 0.4) is 0 Å². The SMILES string of the molecule is Cl.NCCNS(=O)(=O)c1ccccc1S(=O)(=O)N1CCCC1. The number of benzene rings is 1. The number of nitrogens with zero attached hydrogens (tertiary/aromatic N) is 1. The number of hydrogen-bond acceptors (Lipinski definition) is 5. The molecule has 3 N–H and O–H groups in total. The fourth-order valence-electron chi connectivity index (χ4n) is 2.22. The fraction of sp³-hybridized carbons (Fsp3) is 0.500. The normalized spacial score (nSPS) is 16.4. The van der Waals surface area contributed by atoms with Crippen molar-refractivity contribution in [3.63, 3.8) is 0 Å². The summed E-state index contributed by atoms with van der Waals surface area (Å²) in [5.41, 5.74) is 5.28. The lowest BCUT2D eigenvalue weighted by molar-refractivity contribution is 0.474. The van der Waals surface area contributed by atoms with Crippen LogP contribution in [0.1, 0.15) is 12.8 Å². The molecule has 126 valence electrons. The predicted octanol–water partition coefficient (Wildman–Crippen LogP) is 0.130. The number of halogens is 1. The molecule has 0 unspecified atom stereocenters. The number of sulfonamides is 2. The molecule has 0 atom stereocenters. The van der Waals surface area contributed by atoms with Crippen molar-refractivity contribution in [3.05, 3.63) is 24.3 Å². The van der Waals surface area contributed by atoms with Gasteiger partial charge in [-0.05, 0) is 25.0 Å². The zero-order valence-electron chi connectivity index (χ0n) is 11.9. The van der Waals surface area contributed by atoms with Gasteiger partial charge in [0, 0.05) is 26.2 Å². The maximum atomic E-state index is 12.6. The van der Waals surface area contributed by atoms with Gasteiger partial charge < -0.3 is 5.73 Å². The summed E-state index contributed by atoms with van der Waals surface area (Å²) in [7, 11) is -7.70. The molecule has 0 radical (unpaired) electrons. The third-order valence-electron chi connectivity index (χ3n) is 3.26. The molecule has 1 aromatic carbocycles. The van der Waals surface area contributed by atoms with Crippen LogP contribution in [0.4, 0.5) is 0 Å². The summed E-state index contributed by atoms with van der Waals surface area (Å²) in [4.78, 5) is -0.415. The second-order valence-electron chi connectivity index (χ2n) is 4.74. The molecule has 1 saturated heterocycles. The molecule has 1 aromatic rings. The van der Waals surface area contributed by atoms with Gasteiger partial charge in [-0.2, -0.15) is 4.31 Å². The van der Waals surface area contributed by atoms with E-state index in [0.717, 1.165) is 12.8 Å². The van der Waals surface area contributed by atoms with Crippen LogP contribution in [-0.2, 0) is 20.0 Å². The van der Waals surface area contributed by atoms with E-state index in [1.807, 2.05) is 0 Å². The van der Waals surface area contributed by atoms with Gasteiger partial charge in [-0.1, -0.05) is 12.1 Å². The van der Waals surface area contributed by atoms with Gasteiger partial charge in [-0.15, -0.1) is 12.4 Å². The minimum Gasteiger partial charge on any atom is -0.329 e. The van der Waals surface area contributed by atoms with Gasteiger partial charge in [0.1, 0.15) is 9.79 Å². The Morgan fingerprint density at radius 3 is 2.14 bits per heavy atom. The highest BCUT2D eigenvalue weighted by molar-refractivity contribution is 7.92. The lowest BCUT2D eigenvalue weighted by Crippen LogP contribution is -2.33. The third kappa shape index (κ3) is 3.98. The van der Waals surface area contributed by atoms with E-state index in [4.69, 9.17) is 5.73 Å².